The summed E-state index contributed by atoms with van der Waals surface area (Å²) in [5.41, 5.74) is 0. The van der Waals surface area contributed by atoms with Gasteiger partial charge in [0.05, 0.1) is 0 Å². The maximum atomic E-state index is 12.4. The lowest BCUT2D eigenvalue weighted by Crippen LogP contribution is -2.45. The van der Waals surface area contributed by atoms with Crippen LogP contribution >= 0.6 is 0 Å². The molecule has 1 rings (SSSR count). The van der Waals surface area contributed by atoms with Crippen LogP contribution in [0.5, 0.6) is 0 Å². The predicted octanol–water partition coefficient (Wildman–Crippen LogP) is 4.77. The second-order valence-corrected chi connectivity index (χ2v) is 7.95. The highest BCUT2D eigenvalue weighted by molar-refractivity contribution is 5.85. The van der Waals surface area contributed by atoms with E-state index in [-0.39, 0.29) is 17.7 Å². The Morgan fingerprint density at radius 3 is 2.21 bits per heavy atom. The van der Waals surface area contributed by atoms with Crippen molar-refractivity contribution in [3.8, 4) is 0 Å². The first-order valence-electron chi connectivity index (χ1n) is 9.97. The van der Waals surface area contributed by atoms with Crippen LogP contribution in [-0.4, -0.2) is 23.0 Å². The third-order valence-electron chi connectivity index (χ3n) is 5.26. The zero-order chi connectivity index (χ0) is 17.9. The lowest BCUT2D eigenvalue weighted by atomic mass is 9.79. The second kappa shape index (κ2) is 11.5. The fraction of sp³-hybridized carbons (Fsp3) is 0.900. The minimum atomic E-state index is -0.919. The monoisotopic (exact) mass is 339 g/mol. The predicted molar refractivity (Wildman–Crippen MR) is 97.8 cm³/mol. The Balaban J connectivity index is 2.28. The van der Waals surface area contributed by atoms with E-state index in [9.17, 15) is 14.7 Å². The summed E-state index contributed by atoms with van der Waals surface area (Å²) >= 11 is 0. The molecule has 1 amide bonds. The van der Waals surface area contributed by atoms with Crippen LogP contribution in [0.3, 0.4) is 0 Å². The molecule has 1 aliphatic rings. The lowest BCUT2D eigenvalue weighted by molar-refractivity contribution is -0.143. The summed E-state index contributed by atoms with van der Waals surface area (Å²) in [6.07, 6.45) is 12.5. The van der Waals surface area contributed by atoms with Crippen LogP contribution in [0.1, 0.15) is 91.4 Å². The van der Waals surface area contributed by atoms with Gasteiger partial charge in [0.15, 0.2) is 0 Å². The summed E-state index contributed by atoms with van der Waals surface area (Å²) in [7, 11) is 0. The first-order valence-corrected chi connectivity index (χ1v) is 9.97. The van der Waals surface area contributed by atoms with E-state index in [4.69, 9.17) is 0 Å². The van der Waals surface area contributed by atoms with Gasteiger partial charge in [-0.15, -0.1) is 0 Å². The number of nitrogens with one attached hydrogen (secondary N) is 1. The maximum absolute atomic E-state index is 12.4. The number of hydrogen-bond acceptors (Lipinski definition) is 2. The van der Waals surface area contributed by atoms with Gasteiger partial charge in [-0.2, -0.15) is 0 Å². The van der Waals surface area contributed by atoms with Crippen molar-refractivity contribution in [2.45, 2.75) is 97.4 Å². The molecule has 0 aromatic rings. The molecule has 0 aromatic heterocycles. The van der Waals surface area contributed by atoms with Gasteiger partial charge >= 0.3 is 5.97 Å². The van der Waals surface area contributed by atoms with E-state index in [1.54, 1.807) is 0 Å². The molecule has 0 radical (unpaired) electrons. The molecule has 0 saturated heterocycles. The van der Waals surface area contributed by atoms with Crippen LogP contribution in [0, 0.1) is 17.8 Å². The molecular weight excluding hydrogens is 302 g/mol. The van der Waals surface area contributed by atoms with Crippen molar-refractivity contribution >= 4 is 11.9 Å². The zero-order valence-corrected chi connectivity index (χ0v) is 15.9. The van der Waals surface area contributed by atoms with Crippen LogP contribution in [0.2, 0.25) is 0 Å². The van der Waals surface area contributed by atoms with E-state index >= 15 is 0 Å². The minimum absolute atomic E-state index is 0.00959. The molecule has 4 nitrogen and oxygen atoms in total. The van der Waals surface area contributed by atoms with Crippen LogP contribution in [-0.2, 0) is 9.59 Å². The summed E-state index contributed by atoms with van der Waals surface area (Å²) < 4.78 is 0. The van der Waals surface area contributed by atoms with Crippen molar-refractivity contribution in [2.75, 3.05) is 0 Å². The molecule has 140 valence electrons. The van der Waals surface area contributed by atoms with Crippen LogP contribution in [0.25, 0.3) is 0 Å². The number of carbonyl (C=O) groups is 2. The first-order chi connectivity index (χ1) is 11.4. The van der Waals surface area contributed by atoms with Gasteiger partial charge in [0.2, 0.25) is 5.91 Å². The number of carboxylic acid groups (broad SMARTS) is 1. The smallest absolute Gasteiger partial charge is 0.326 e. The summed E-state index contributed by atoms with van der Waals surface area (Å²) in [4.78, 5) is 23.6. The molecular formula is C20H37NO3. The summed E-state index contributed by atoms with van der Waals surface area (Å²) in [5, 5.41) is 12.0. The Bertz CT molecular complexity index is 373. The second-order valence-electron chi connectivity index (χ2n) is 7.95. The number of amides is 1. The molecule has 0 bridgehead atoms. The summed E-state index contributed by atoms with van der Waals surface area (Å²) in [6.45, 7) is 6.20. The molecule has 0 spiro atoms. The van der Waals surface area contributed by atoms with Crippen molar-refractivity contribution < 1.29 is 14.7 Å². The van der Waals surface area contributed by atoms with Gasteiger partial charge in [-0.25, -0.2) is 4.79 Å². The van der Waals surface area contributed by atoms with E-state index in [1.807, 2.05) is 13.8 Å². The molecule has 1 atom stereocenters. The van der Waals surface area contributed by atoms with Gasteiger partial charge in [-0.05, 0) is 43.9 Å². The fourth-order valence-electron chi connectivity index (χ4n) is 3.73. The van der Waals surface area contributed by atoms with Crippen molar-refractivity contribution in [1.29, 1.82) is 0 Å². The average Bonchev–Trinajstić information content (AvgIpc) is 2.54. The molecule has 0 unspecified atom stereocenters. The van der Waals surface area contributed by atoms with Gasteiger partial charge in [0.1, 0.15) is 6.04 Å². The SMILES string of the molecule is CCCCCCCC1CCC(C(=O)N[C@@H](CC(C)C)C(=O)O)CC1. The van der Waals surface area contributed by atoms with Crippen LogP contribution < -0.4 is 5.32 Å². The van der Waals surface area contributed by atoms with Gasteiger partial charge in [0, 0.05) is 5.92 Å². The summed E-state index contributed by atoms with van der Waals surface area (Å²) in [6, 6.07) is -0.742. The molecule has 0 aromatic carbocycles. The summed E-state index contributed by atoms with van der Waals surface area (Å²) in [5.74, 6) is 0.0640. The number of hydrogen-bond donors (Lipinski definition) is 2. The van der Waals surface area contributed by atoms with Gasteiger partial charge in [-0.1, -0.05) is 59.3 Å². The van der Waals surface area contributed by atoms with E-state index in [0.29, 0.717) is 6.42 Å². The van der Waals surface area contributed by atoms with Crippen LogP contribution in [0.15, 0.2) is 0 Å². The van der Waals surface area contributed by atoms with Crippen molar-refractivity contribution in [3.63, 3.8) is 0 Å². The van der Waals surface area contributed by atoms with E-state index in [0.717, 1.165) is 31.6 Å². The Morgan fingerprint density at radius 1 is 1.04 bits per heavy atom. The van der Waals surface area contributed by atoms with E-state index in [1.165, 1.54) is 38.5 Å². The Morgan fingerprint density at radius 2 is 1.67 bits per heavy atom. The van der Waals surface area contributed by atoms with Gasteiger partial charge in [0.25, 0.3) is 0 Å². The van der Waals surface area contributed by atoms with E-state index in [2.05, 4.69) is 12.2 Å². The molecule has 1 aliphatic carbocycles. The lowest BCUT2D eigenvalue weighted by Gasteiger charge is -2.29. The molecule has 1 saturated carbocycles. The Labute approximate surface area is 147 Å². The highest BCUT2D eigenvalue weighted by atomic mass is 16.4. The molecule has 4 heteroatoms. The van der Waals surface area contributed by atoms with Crippen molar-refractivity contribution in [1.82, 2.24) is 5.32 Å². The normalized spacial score (nSPS) is 22.3. The maximum Gasteiger partial charge on any atom is 0.326 e. The number of carbonyl (C=O) groups excluding carboxylic acids is 1. The van der Waals surface area contributed by atoms with Gasteiger partial charge in [-0.3, -0.25) is 4.79 Å². The average molecular weight is 340 g/mol. The molecule has 24 heavy (non-hydrogen) atoms. The topological polar surface area (TPSA) is 66.4 Å². The molecule has 0 heterocycles. The van der Waals surface area contributed by atoms with Crippen molar-refractivity contribution in [2.24, 2.45) is 17.8 Å². The highest BCUT2D eigenvalue weighted by Gasteiger charge is 2.29. The van der Waals surface area contributed by atoms with Crippen molar-refractivity contribution in [3.05, 3.63) is 0 Å². The quantitative estimate of drug-likeness (QED) is 0.533. The highest BCUT2D eigenvalue weighted by Crippen LogP contribution is 2.32. The minimum Gasteiger partial charge on any atom is -0.480 e. The largest absolute Gasteiger partial charge is 0.480 e. The number of unbranched alkanes of at least 4 members (excludes halogenated alkanes) is 4. The number of rotatable bonds is 11. The molecule has 0 aliphatic heterocycles. The molecule has 1 fully saturated rings. The fourth-order valence-corrected chi connectivity index (χ4v) is 3.73. The van der Waals surface area contributed by atoms with E-state index < -0.39 is 12.0 Å². The Hall–Kier alpha value is -1.06. The standard InChI is InChI=1S/C20H37NO3/c1-4-5-6-7-8-9-16-10-12-17(13-11-16)19(22)21-18(20(23)24)14-15(2)3/h15-18H,4-14H2,1-3H3,(H,21,22)(H,23,24)/t16?,17?,18-/m0/s1. The van der Waals surface area contributed by atoms with Gasteiger partial charge < -0.3 is 10.4 Å². The van der Waals surface area contributed by atoms with Crippen LogP contribution in [0.4, 0.5) is 0 Å². The molecule has 2 N–H and O–H groups in total. The first kappa shape index (κ1) is 21.0. The Kier molecular flexibility index (Phi) is 10.0. The third kappa shape index (κ3) is 8.16. The third-order valence-corrected chi connectivity index (χ3v) is 5.26. The number of aliphatic carboxylic acids is 1. The zero-order valence-electron chi connectivity index (χ0n) is 15.9. The number of carboxylic acids is 1.